The van der Waals surface area contributed by atoms with Gasteiger partial charge in [-0.1, -0.05) is 17.7 Å². The Hall–Kier alpha value is -0.980. The molecular formula is C11H15N. The Bertz CT molecular complexity index is 287. The molecule has 64 valence electrons. The van der Waals surface area contributed by atoms with Crippen LogP contribution in [0, 0.1) is 13.8 Å². The van der Waals surface area contributed by atoms with Crippen molar-refractivity contribution >= 4 is 5.69 Å². The molecule has 2 rings (SSSR count). The summed E-state index contributed by atoms with van der Waals surface area (Å²) < 4.78 is 0. The first-order valence-electron chi connectivity index (χ1n) is 4.59. The molecule has 1 heterocycles. The maximum absolute atomic E-state index is 2.44. The second-order valence-electron chi connectivity index (χ2n) is 3.63. The van der Waals surface area contributed by atoms with E-state index in [0.29, 0.717) is 0 Å². The van der Waals surface area contributed by atoms with Crippen molar-refractivity contribution in [3.8, 4) is 0 Å². The molecule has 1 fully saturated rings. The molecule has 0 unspecified atom stereocenters. The molecule has 0 N–H and O–H groups in total. The maximum atomic E-state index is 2.44. The fourth-order valence-corrected chi connectivity index (χ4v) is 1.72. The predicted octanol–water partition coefficient (Wildman–Crippen LogP) is 2.51. The summed E-state index contributed by atoms with van der Waals surface area (Å²) >= 11 is 0. The maximum Gasteiger partial charge on any atom is 0.0396 e. The fraction of sp³-hybridized carbons (Fsp3) is 0.455. The van der Waals surface area contributed by atoms with E-state index in [1.54, 1.807) is 0 Å². The summed E-state index contributed by atoms with van der Waals surface area (Å²) in [4.78, 5) is 2.44. The van der Waals surface area contributed by atoms with E-state index in [9.17, 15) is 0 Å². The zero-order valence-electron chi connectivity index (χ0n) is 7.80. The molecule has 1 saturated heterocycles. The van der Waals surface area contributed by atoms with Gasteiger partial charge in [0.05, 0.1) is 0 Å². The molecule has 0 atom stereocenters. The molecule has 0 spiro atoms. The molecule has 0 aromatic heterocycles. The van der Waals surface area contributed by atoms with Gasteiger partial charge < -0.3 is 4.90 Å². The van der Waals surface area contributed by atoms with Crippen molar-refractivity contribution in [1.29, 1.82) is 0 Å². The Morgan fingerprint density at radius 2 is 1.92 bits per heavy atom. The second-order valence-corrected chi connectivity index (χ2v) is 3.63. The van der Waals surface area contributed by atoms with Gasteiger partial charge in [0.15, 0.2) is 0 Å². The summed E-state index contributed by atoms with van der Waals surface area (Å²) in [6.07, 6.45) is 1.35. The molecule has 1 aliphatic rings. The van der Waals surface area contributed by atoms with E-state index in [-0.39, 0.29) is 0 Å². The molecule has 1 nitrogen and oxygen atoms in total. The van der Waals surface area contributed by atoms with E-state index in [1.807, 2.05) is 0 Å². The van der Waals surface area contributed by atoms with Crippen molar-refractivity contribution in [3.05, 3.63) is 29.3 Å². The zero-order chi connectivity index (χ0) is 8.55. The van der Waals surface area contributed by atoms with E-state index >= 15 is 0 Å². The zero-order valence-corrected chi connectivity index (χ0v) is 7.80. The third-order valence-corrected chi connectivity index (χ3v) is 2.55. The van der Waals surface area contributed by atoms with E-state index in [0.717, 1.165) is 0 Å². The lowest BCUT2D eigenvalue weighted by Gasteiger charge is -2.34. The van der Waals surface area contributed by atoms with Crippen molar-refractivity contribution in [1.82, 2.24) is 0 Å². The van der Waals surface area contributed by atoms with Crippen LogP contribution in [0.15, 0.2) is 18.2 Å². The number of hydrogen-bond acceptors (Lipinski definition) is 1. The molecule has 1 aromatic rings. The van der Waals surface area contributed by atoms with Crippen LogP contribution in [0.5, 0.6) is 0 Å². The minimum atomic E-state index is 1.24. The highest BCUT2D eigenvalue weighted by molar-refractivity contribution is 5.55. The highest BCUT2D eigenvalue weighted by Gasteiger charge is 2.15. The average Bonchev–Trinajstić information content (AvgIpc) is 1.91. The SMILES string of the molecule is Cc1ccc(N2CCC2)c(C)c1. The number of anilines is 1. The summed E-state index contributed by atoms with van der Waals surface area (Å²) in [7, 11) is 0. The van der Waals surface area contributed by atoms with Gasteiger partial charge in [0.2, 0.25) is 0 Å². The van der Waals surface area contributed by atoms with Crippen LogP contribution in [-0.2, 0) is 0 Å². The molecule has 0 radical (unpaired) electrons. The summed E-state index contributed by atoms with van der Waals surface area (Å²) in [5.74, 6) is 0. The average molecular weight is 161 g/mol. The number of nitrogens with zero attached hydrogens (tertiary/aromatic N) is 1. The van der Waals surface area contributed by atoms with Gasteiger partial charge in [-0.15, -0.1) is 0 Å². The van der Waals surface area contributed by atoms with Gasteiger partial charge >= 0.3 is 0 Å². The van der Waals surface area contributed by atoms with Gasteiger partial charge in [0.25, 0.3) is 0 Å². The van der Waals surface area contributed by atoms with Gasteiger partial charge in [-0.2, -0.15) is 0 Å². The lowest BCUT2D eigenvalue weighted by atomic mass is 10.1. The van der Waals surface area contributed by atoms with E-state index in [1.165, 1.54) is 36.3 Å². The lowest BCUT2D eigenvalue weighted by molar-refractivity contribution is 0.616. The van der Waals surface area contributed by atoms with Crippen LogP contribution in [0.4, 0.5) is 5.69 Å². The van der Waals surface area contributed by atoms with Gasteiger partial charge in [0, 0.05) is 18.8 Å². The van der Waals surface area contributed by atoms with Crippen LogP contribution in [0.2, 0.25) is 0 Å². The monoisotopic (exact) mass is 161 g/mol. The minimum absolute atomic E-state index is 1.24. The number of hydrogen-bond donors (Lipinski definition) is 0. The molecule has 0 saturated carbocycles. The third kappa shape index (κ3) is 1.20. The number of aryl methyl sites for hydroxylation is 2. The quantitative estimate of drug-likeness (QED) is 0.611. The smallest absolute Gasteiger partial charge is 0.0396 e. The first-order chi connectivity index (χ1) is 5.77. The molecule has 1 heteroatoms. The summed E-state index contributed by atoms with van der Waals surface area (Å²) in [5.41, 5.74) is 4.19. The second kappa shape index (κ2) is 2.81. The molecule has 0 bridgehead atoms. The Morgan fingerprint density at radius 3 is 2.42 bits per heavy atom. The van der Waals surface area contributed by atoms with Gasteiger partial charge in [-0.3, -0.25) is 0 Å². The van der Waals surface area contributed by atoms with E-state index in [4.69, 9.17) is 0 Å². The van der Waals surface area contributed by atoms with Crippen LogP contribution in [-0.4, -0.2) is 13.1 Å². The molecular weight excluding hydrogens is 146 g/mol. The highest BCUT2D eigenvalue weighted by atomic mass is 15.2. The van der Waals surface area contributed by atoms with Gasteiger partial charge in [-0.05, 0) is 31.9 Å². The molecule has 0 aliphatic carbocycles. The van der Waals surface area contributed by atoms with Crippen molar-refractivity contribution in [3.63, 3.8) is 0 Å². The fourth-order valence-electron chi connectivity index (χ4n) is 1.72. The highest BCUT2D eigenvalue weighted by Crippen LogP contribution is 2.24. The summed E-state index contributed by atoms with van der Waals surface area (Å²) in [6, 6.07) is 6.69. The largest absolute Gasteiger partial charge is 0.371 e. The van der Waals surface area contributed by atoms with Crippen molar-refractivity contribution in [2.75, 3.05) is 18.0 Å². The van der Waals surface area contributed by atoms with E-state index < -0.39 is 0 Å². The van der Waals surface area contributed by atoms with Crippen molar-refractivity contribution in [2.45, 2.75) is 20.3 Å². The Labute approximate surface area is 74.0 Å². The normalized spacial score (nSPS) is 16.0. The Kier molecular flexibility index (Phi) is 1.80. The van der Waals surface area contributed by atoms with Crippen LogP contribution < -0.4 is 4.90 Å². The van der Waals surface area contributed by atoms with Gasteiger partial charge in [-0.25, -0.2) is 0 Å². The number of benzene rings is 1. The first kappa shape index (κ1) is 7.66. The Morgan fingerprint density at radius 1 is 1.17 bits per heavy atom. The van der Waals surface area contributed by atoms with Crippen LogP contribution in [0.3, 0.4) is 0 Å². The third-order valence-electron chi connectivity index (χ3n) is 2.55. The molecule has 0 amide bonds. The van der Waals surface area contributed by atoms with Crippen molar-refractivity contribution < 1.29 is 0 Å². The molecule has 12 heavy (non-hydrogen) atoms. The Balaban J connectivity index is 2.31. The summed E-state index contributed by atoms with van der Waals surface area (Å²) in [5, 5.41) is 0. The van der Waals surface area contributed by atoms with E-state index in [2.05, 4.69) is 36.9 Å². The van der Waals surface area contributed by atoms with Crippen LogP contribution in [0.1, 0.15) is 17.5 Å². The molecule has 1 aliphatic heterocycles. The first-order valence-corrected chi connectivity index (χ1v) is 4.59. The van der Waals surface area contributed by atoms with Crippen LogP contribution in [0.25, 0.3) is 0 Å². The predicted molar refractivity (Wildman–Crippen MR) is 52.7 cm³/mol. The minimum Gasteiger partial charge on any atom is -0.371 e. The number of rotatable bonds is 1. The standard InChI is InChI=1S/C11H15N/c1-9-4-5-11(10(2)8-9)12-6-3-7-12/h4-5,8H,3,6-7H2,1-2H3. The van der Waals surface area contributed by atoms with Crippen LogP contribution >= 0.6 is 0 Å². The van der Waals surface area contributed by atoms with Crippen molar-refractivity contribution in [2.24, 2.45) is 0 Å². The topological polar surface area (TPSA) is 3.24 Å². The lowest BCUT2D eigenvalue weighted by Crippen LogP contribution is -2.37. The van der Waals surface area contributed by atoms with Gasteiger partial charge in [0.1, 0.15) is 0 Å². The summed E-state index contributed by atoms with van der Waals surface area (Å²) in [6.45, 7) is 6.82. The molecule has 1 aromatic carbocycles.